The number of carbonyl (C=O) groups excluding carboxylic acids is 2. The highest BCUT2D eigenvalue weighted by Gasteiger charge is 2.50. The van der Waals surface area contributed by atoms with E-state index in [1.807, 2.05) is 54.6 Å². The highest BCUT2D eigenvalue weighted by molar-refractivity contribution is 5.87. The minimum absolute atomic E-state index is 0.136. The van der Waals surface area contributed by atoms with Crippen LogP contribution in [0.25, 0.3) is 0 Å². The summed E-state index contributed by atoms with van der Waals surface area (Å²) in [5.74, 6) is 0.530. The van der Waals surface area contributed by atoms with Gasteiger partial charge < -0.3 is 19.5 Å². The Bertz CT molecular complexity index is 919. The predicted octanol–water partition coefficient (Wildman–Crippen LogP) is 2.96. The van der Waals surface area contributed by atoms with Crippen LogP contribution in [0, 0.1) is 0 Å². The average Bonchev–Trinajstić information content (AvgIpc) is 2.82. The maximum Gasteiger partial charge on any atom is 0.411 e. The number of likely N-dealkylation sites (tertiary alicyclic amines) is 1. The smallest absolute Gasteiger partial charge is 0.411 e. The molecule has 2 fully saturated rings. The van der Waals surface area contributed by atoms with Crippen molar-refractivity contribution < 1.29 is 24.2 Å². The molecule has 0 aromatic heterocycles. The van der Waals surface area contributed by atoms with Gasteiger partial charge in [-0.3, -0.25) is 9.69 Å². The number of amides is 2. The van der Waals surface area contributed by atoms with Crippen LogP contribution >= 0.6 is 0 Å². The molecule has 2 aromatic rings. The summed E-state index contributed by atoms with van der Waals surface area (Å²) in [7, 11) is 1.61. The molecular weight excluding hydrogens is 396 g/mol. The Labute approximate surface area is 182 Å². The molecule has 1 N–H and O–H groups in total. The Balaban J connectivity index is 1.45. The molecule has 2 aliphatic rings. The fraction of sp³-hybridized carbons (Fsp3) is 0.417. The Hall–Kier alpha value is -3.06. The van der Waals surface area contributed by atoms with E-state index in [-0.39, 0.29) is 12.5 Å². The zero-order chi connectivity index (χ0) is 21.8. The van der Waals surface area contributed by atoms with Gasteiger partial charge >= 0.3 is 6.09 Å². The van der Waals surface area contributed by atoms with Gasteiger partial charge in [-0.1, -0.05) is 48.5 Å². The van der Waals surface area contributed by atoms with Gasteiger partial charge in [0.2, 0.25) is 5.91 Å². The van der Waals surface area contributed by atoms with Crippen LogP contribution in [0.3, 0.4) is 0 Å². The minimum atomic E-state index is -1.05. The third-order valence-electron chi connectivity index (χ3n) is 6.13. The molecule has 0 spiro atoms. The molecule has 31 heavy (non-hydrogen) atoms. The first-order valence-electron chi connectivity index (χ1n) is 10.7. The van der Waals surface area contributed by atoms with Crippen molar-refractivity contribution in [3.63, 3.8) is 0 Å². The van der Waals surface area contributed by atoms with E-state index >= 15 is 0 Å². The second kappa shape index (κ2) is 9.39. The van der Waals surface area contributed by atoms with Gasteiger partial charge in [0.1, 0.15) is 24.6 Å². The molecule has 7 heteroatoms. The lowest BCUT2D eigenvalue weighted by atomic mass is 9.89. The number of piperazine rings is 1. The molecule has 0 saturated carbocycles. The number of hydrogen-bond acceptors (Lipinski definition) is 5. The van der Waals surface area contributed by atoms with Crippen LogP contribution in [-0.2, 0) is 22.6 Å². The molecule has 7 nitrogen and oxygen atoms in total. The fourth-order valence-corrected chi connectivity index (χ4v) is 4.54. The van der Waals surface area contributed by atoms with Crippen LogP contribution in [0.5, 0.6) is 5.75 Å². The summed E-state index contributed by atoms with van der Waals surface area (Å²) in [6.45, 7) is 0.498. The van der Waals surface area contributed by atoms with Crippen molar-refractivity contribution in [3.8, 4) is 5.75 Å². The fourth-order valence-electron chi connectivity index (χ4n) is 4.54. The molecule has 2 bridgehead atoms. The van der Waals surface area contributed by atoms with Gasteiger partial charge in [-0.15, -0.1) is 0 Å². The van der Waals surface area contributed by atoms with E-state index < -0.39 is 24.4 Å². The zero-order valence-corrected chi connectivity index (χ0v) is 17.6. The summed E-state index contributed by atoms with van der Waals surface area (Å²) in [6.07, 6.45) is 0.967. The number of aliphatic hydroxyl groups excluding tert-OH is 1. The summed E-state index contributed by atoms with van der Waals surface area (Å²) >= 11 is 0. The van der Waals surface area contributed by atoms with Crippen molar-refractivity contribution >= 4 is 12.0 Å². The molecule has 0 aliphatic carbocycles. The topological polar surface area (TPSA) is 79.3 Å². The van der Waals surface area contributed by atoms with E-state index in [0.717, 1.165) is 23.3 Å². The van der Waals surface area contributed by atoms with Crippen LogP contribution in [0.4, 0.5) is 4.79 Å². The quantitative estimate of drug-likeness (QED) is 0.771. The summed E-state index contributed by atoms with van der Waals surface area (Å²) < 4.78 is 10.9. The van der Waals surface area contributed by atoms with Gasteiger partial charge in [-0.2, -0.15) is 0 Å². The number of aliphatic hydroxyl groups is 1. The third-order valence-corrected chi connectivity index (χ3v) is 6.13. The van der Waals surface area contributed by atoms with E-state index in [2.05, 4.69) is 0 Å². The lowest BCUT2D eigenvalue weighted by Gasteiger charge is -2.51. The van der Waals surface area contributed by atoms with Gasteiger partial charge in [0.15, 0.2) is 0 Å². The van der Waals surface area contributed by atoms with Crippen molar-refractivity contribution in [2.24, 2.45) is 0 Å². The first kappa shape index (κ1) is 21.2. The SMILES string of the molecule is COc1ccccc1CCN1C(=O)C2CCCC(C1O)N2C(=O)OCc1ccccc1. The summed E-state index contributed by atoms with van der Waals surface area (Å²) in [6, 6.07) is 16.0. The van der Waals surface area contributed by atoms with Crippen molar-refractivity contribution in [2.45, 2.75) is 50.6 Å². The maximum absolute atomic E-state index is 13.2. The molecule has 3 unspecified atom stereocenters. The van der Waals surface area contributed by atoms with E-state index in [0.29, 0.717) is 25.8 Å². The average molecular weight is 424 g/mol. The molecule has 2 aromatic carbocycles. The number of carbonyl (C=O) groups is 2. The lowest BCUT2D eigenvalue weighted by molar-refractivity contribution is -0.172. The van der Waals surface area contributed by atoms with Crippen LogP contribution in [0.2, 0.25) is 0 Å². The number of methoxy groups -OCH3 is 1. The molecule has 2 heterocycles. The van der Waals surface area contributed by atoms with Crippen LogP contribution in [0.15, 0.2) is 54.6 Å². The number of fused-ring (bicyclic) bond motifs is 2. The molecule has 3 atom stereocenters. The Morgan fingerprint density at radius 2 is 1.84 bits per heavy atom. The largest absolute Gasteiger partial charge is 0.496 e. The summed E-state index contributed by atoms with van der Waals surface area (Å²) in [4.78, 5) is 29.0. The number of rotatable bonds is 6. The van der Waals surface area contributed by atoms with Gasteiger partial charge in [0.05, 0.1) is 13.2 Å². The first-order chi connectivity index (χ1) is 15.1. The number of para-hydroxylation sites is 1. The zero-order valence-electron chi connectivity index (χ0n) is 17.6. The van der Waals surface area contributed by atoms with Gasteiger partial charge in [0, 0.05) is 6.54 Å². The minimum Gasteiger partial charge on any atom is -0.496 e. The number of benzene rings is 2. The molecule has 4 rings (SSSR count). The van der Waals surface area contributed by atoms with E-state index in [9.17, 15) is 14.7 Å². The third kappa shape index (κ3) is 4.37. The molecule has 2 amide bonds. The monoisotopic (exact) mass is 424 g/mol. The Kier molecular flexibility index (Phi) is 6.42. The maximum atomic E-state index is 13.2. The van der Waals surface area contributed by atoms with Crippen LogP contribution < -0.4 is 4.74 Å². The van der Waals surface area contributed by atoms with Crippen LogP contribution in [0.1, 0.15) is 30.4 Å². The summed E-state index contributed by atoms with van der Waals surface area (Å²) in [5, 5.41) is 11.0. The van der Waals surface area contributed by atoms with Crippen molar-refractivity contribution in [1.29, 1.82) is 0 Å². The van der Waals surface area contributed by atoms with E-state index in [1.54, 1.807) is 7.11 Å². The standard InChI is InChI=1S/C24H28N2O5/c1-30-21-13-6-5-10-18(21)14-15-25-22(27)19-11-7-12-20(23(25)28)26(19)24(29)31-16-17-8-3-2-4-9-17/h2-6,8-10,13,19-20,22,27H,7,11-12,14-16H2,1H3. The predicted molar refractivity (Wildman–Crippen MR) is 114 cm³/mol. The van der Waals surface area contributed by atoms with Gasteiger partial charge in [-0.25, -0.2) is 4.79 Å². The number of ether oxygens (including phenoxy) is 2. The van der Waals surface area contributed by atoms with Gasteiger partial charge in [-0.05, 0) is 42.9 Å². The second-order valence-electron chi connectivity index (χ2n) is 7.97. The lowest BCUT2D eigenvalue weighted by Crippen LogP contribution is -2.69. The molecule has 2 aliphatic heterocycles. The Morgan fingerprint density at radius 3 is 2.61 bits per heavy atom. The highest BCUT2D eigenvalue weighted by atomic mass is 16.6. The van der Waals surface area contributed by atoms with Crippen LogP contribution in [-0.4, -0.2) is 58.9 Å². The molecular formula is C24H28N2O5. The first-order valence-corrected chi connectivity index (χ1v) is 10.7. The summed E-state index contributed by atoms with van der Waals surface area (Å²) in [5.41, 5.74) is 1.85. The molecule has 164 valence electrons. The molecule has 2 saturated heterocycles. The van der Waals surface area contributed by atoms with Crippen molar-refractivity contribution in [2.75, 3.05) is 13.7 Å². The van der Waals surface area contributed by atoms with Gasteiger partial charge in [0.25, 0.3) is 0 Å². The Morgan fingerprint density at radius 1 is 1.10 bits per heavy atom. The number of hydrogen-bond donors (Lipinski definition) is 1. The highest BCUT2D eigenvalue weighted by Crippen LogP contribution is 2.33. The second-order valence-corrected chi connectivity index (χ2v) is 7.97. The normalized spacial score (nSPS) is 22.9. The molecule has 0 radical (unpaired) electrons. The van der Waals surface area contributed by atoms with Crippen molar-refractivity contribution in [3.05, 3.63) is 65.7 Å². The number of nitrogens with zero attached hydrogens (tertiary/aromatic N) is 2. The van der Waals surface area contributed by atoms with E-state index in [1.165, 1.54) is 9.80 Å². The number of piperidine rings is 1. The van der Waals surface area contributed by atoms with E-state index in [4.69, 9.17) is 9.47 Å². The van der Waals surface area contributed by atoms with Crippen molar-refractivity contribution in [1.82, 2.24) is 9.80 Å².